The van der Waals surface area contributed by atoms with Gasteiger partial charge in [0.2, 0.25) is 0 Å². The molecule has 0 saturated carbocycles. The third kappa shape index (κ3) is 9.22. The molecule has 40 heavy (non-hydrogen) atoms. The largest absolute Gasteiger partial charge is 0.474 e. The van der Waals surface area contributed by atoms with Crippen molar-refractivity contribution in [2.24, 2.45) is 0 Å². The van der Waals surface area contributed by atoms with E-state index in [4.69, 9.17) is 0 Å². The Bertz CT molecular complexity index is 1230. The lowest BCUT2D eigenvalue weighted by Crippen LogP contribution is -2.38. The van der Waals surface area contributed by atoms with Crippen molar-refractivity contribution < 1.29 is 19.5 Å². The molecule has 0 aliphatic carbocycles. The molecule has 0 saturated heterocycles. The van der Waals surface area contributed by atoms with Crippen LogP contribution in [0.25, 0.3) is 10.8 Å². The maximum Gasteiger partial charge on any atom is 0.394 e. The summed E-state index contributed by atoms with van der Waals surface area (Å²) < 4.78 is 0. The predicted molar refractivity (Wildman–Crippen MR) is 161 cm³/mol. The molecule has 2 N–H and O–H groups in total. The molecule has 0 heterocycles. The van der Waals surface area contributed by atoms with Crippen molar-refractivity contribution in [2.75, 3.05) is 6.54 Å². The van der Waals surface area contributed by atoms with E-state index < -0.39 is 17.9 Å². The second-order valence-electron chi connectivity index (χ2n) is 10.6. The van der Waals surface area contributed by atoms with Gasteiger partial charge in [-0.1, -0.05) is 119 Å². The second kappa shape index (κ2) is 16.4. The van der Waals surface area contributed by atoms with Crippen LogP contribution in [-0.2, 0) is 16.1 Å². The maximum absolute atomic E-state index is 12.7. The van der Waals surface area contributed by atoms with Crippen LogP contribution in [0.1, 0.15) is 106 Å². The average Bonchev–Trinajstić information content (AvgIpc) is 2.97. The number of unbranched alkanes of at least 4 members (excludes halogenated alkanes) is 9. The Balaban J connectivity index is 1.51. The summed E-state index contributed by atoms with van der Waals surface area (Å²) in [7, 11) is 0. The highest BCUT2D eigenvalue weighted by Gasteiger charge is 2.28. The van der Waals surface area contributed by atoms with Crippen molar-refractivity contribution in [3.8, 4) is 0 Å². The molecule has 1 unspecified atom stereocenters. The van der Waals surface area contributed by atoms with Gasteiger partial charge in [-0.15, -0.1) is 0 Å². The van der Waals surface area contributed by atoms with Crippen LogP contribution >= 0.6 is 0 Å². The highest BCUT2D eigenvalue weighted by molar-refractivity contribution is 6.31. The summed E-state index contributed by atoms with van der Waals surface area (Å²) in [5.74, 6) is -2.57. The molecule has 0 radical (unpaired) electrons. The number of benzene rings is 3. The van der Waals surface area contributed by atoms with Crippen molar-refractivity contribution in [3.05, 3.63) is 83.4 Å². The zero-order chi connectivity index (χ0) is 28.7. The van der Waals surface area contributed by atoms with Gasteiger partial charge in [-0.3, -0.25) is 9.59 Å². The minimum absolute atomic E-state index is 0.120. The average molecular weight is 545 g/mol. The summed E-state index contributed by atoms with van der Waals surface area (Å²) in [6.07, 6.45) is 12.5. The number of amides is 2. The Morgan fingerprint density at radius 3 is 2.02 bits per heavy atom. The molecule has 214 valence electrons. The van der Waals surface area contributed by atoms with E-state index in [9.17, 15) is 19.5 Å². The Labute approximate surface area is 238 Å². The third-order valence-corrected chi connectivity index (χ3v) is 7.57. The fraction of sp³-hybridized carbons (Fsp3) is 0.441. The number of hydrogen-bond acceptors (Lipinski definition) is 3. The molecule has 2 amide bonds. The highest BCUT2D eigenvalue weighted by atomic mass is 16.4. The number of fused-ring (bicyclic) bond motifs is 1. The van der Waals surface area contributed by atoms with Crippen molar-refractivity contribution in [1.82, 2.24) is 10.2 Å². The van der Waals surface area contributed by atoms with Crippen molar-refractivity contribution in [1.29, 1.82) is 0 Å². The number of carboxylic acid groups (broad SMARTS) is 1. The molecule has 3 aromatic carbocycles. The van der Waals surface area contributed by atoms with Gasteiger partial charge >= 0.3 is 11.9 Å². The summed E-state index contributed by atoms with van der Waals surface area (Å²) in [6.45, 7) is 4.86. The summed E-state index contributed by atoms with van der Waals surface area (Å²) >= 11 is 0. The van der Waals surface area contributed by atoms with E-state index in [1.165, 1.54) is 56.3 Å². The van der Waals surface area contributed by atoms with Crippen LogP contribution in [0.5, 0.6) is 0 Å². The number of carbonyl (C=O) groups excluding carboxylic acids is 2. The van der Waals surface area contributed by atoms with Crippen LogP contribution in [-0.4, -0.2) is 34.3 Å². The van der Waals surface area contributed by atoms with Gasteiger partial charge in [0.1, 0.15) is 0 Å². The zero-order valence-corrected chi connectivity index (χ0v) is 24.0. The quantitative estimate of drug-likeness (QED) is 0.143. The Hall–Kier alpha value is -3.67. The topological polar surface area (TPSA) is 86.7 Å². The molecule has 6 heteroatoms. The van der Waals surface area contributed by atoms with Crippen LogP contribution in [0.3, 0.4) is 0 Å². The Kier molecular flexibility index (Phi) is 12.7. The van der Waals surface area contributed by atoms with Gasteiger partial charge < -0.3 is 15.3 Å². The first-order valence-electron chi connectivity index (χ1n) is 14.8. The minimum Gasteiger partial charge on any atom is -0.474 e. The molecule has 0 fully saturated rings. The lowest BCUT2D eigenvalue weighted by atomic mass is 9.98. The number of rotatable bonds is 16. The molecule has 0 aromatic heterocycles. The first kappa shape index (κ1) is 30.9. The minimum atomic E-state index is -1.49. The number of hydrogen-bond donors (Lipinski definition) is 2. The fourth-order valence-electron chi connectivity index (χ4n) is 5.16. The van der Waals surface area contributed by atoms with Gasteiger partial charge in [0.15, 0.2) is 0 Å². The summed E-state index contributed by atoms with van der Waals surface area (Å²) in [5, 5.41) is 14.5. The fourth-order valence-corrected chi connectivity index (χ4v) is 5.16. The summed E-state index contributed by atoms with van der Waals surface area (Å²) in [6, 6.07) is 20.3. The first-order valence-corrected chi connectivity index (χ1v) is 14.8. The molecule has 0 aliphatic rings. The first-order chi connectivity index (χ1) is 19.4. The lowest BCUT2D eigenvalue weighted by Gasteiger charge is -2.29. The van der Waals surface area contributed by atoms with E-state index in [0.29, 0.717) is 12.1 Å². The molecule has 0 aliphatic heterocycles. The molecular formula is C34H44N2O4. The molecular weight excluding hydrogens is 500 g/mol. The highest BCUT2D eigenvalue weighted by Crippen LogP contribution is 2.29. The monoisotopic (exact) mass is 544 g/mol. The molecule has 0 spiro atoms. The van der Waals surface area contributed by atoms with E-state index in [2.05, 4.69) is 12.2 Å². The standard InChI is InChI=1S/C34H44N2O4/c1-3-4-5-6-7-8-9-10-11-14-24-35-32(37)29-22-20-27(21-23-29)25-36(33(38)34(39)40)26(2)30-19-15-17-28-16-12-13-18-31(28)30/h12-13,15-23,26H,3-11,14,24-25H2,1-2H3,(H,35,37)(H,39,40). The Morgan fingerprint density at radius 1 is 0.775 bits per heavy atom. The molecule has 3 aromatic rings. The summed E-state index contributed by atoms with van der Waals surface area (Å²) in [4.78, 5) is 38.4. The van der Waals surface area contributed by atoms with Crippen LogP contribution in [0.15, 0.2) is 66.7 Å². The van der Waals surface area contributed by atoms with Gasteiger partial charge in [-0.05, 0) is 47.4 Å². The van der Waals surface area contributed by atoms with E-state index in [1.807, 2.05) is 49.4 Å². The van der Waals surface area contributed by atoms with Crippen LogP contribution < -0.4 is 5.32 Å². The summed E-state index contributed by atoms with van der Waals surface area (Å²) in [5.41, 5.74) is 2.19. The molecule has 0 bridgehead atoms. The normalized spacial score (nSPS) is 11.8. The van der Waals surface area contributed by atoms with E-state index in [0.717, 1.165) is 34.7 Å². The number of nitrogens with zero attached hydrogens (tertiary/aromatic N) is 1. The van der Waals surface area contributed by atoms with Crippen LogP contribution in [0.2, 0.25) is 0 Å². The van der Waals surface area contributed by atoms with Crippen LogP contribution in [0, 0.1) is 0 Å². The van der Waals surface area contributed by atoms with Gasteiger partial charge in [0.25, 0.3) is 5.91 Å². The predicted octanol–water partition coefficient (Wildman–Crippen LogP) is 7.66. The third-order valence-electron chi connectivity index (χ3n) is 7.57. The van der Waals surface area contributed by atoms with Crippen molar-refractivity contribution in [3.63, 3.8) is 0 Å². The van der Waals surface area contributed by atoms with Crippen molar-refractivity contribution in [2.45, 2.75) is 90.6 Å². The van der Waals surface area contributed by atoms with E-state index in [1.54, 1.807) is 24.3 Å². The smallest absolute Gasteiger partial charge is 0.394 e. The van der Waals surface area contributed by atoms with E-state index >= 15 is 0 Å². The van der Waals surface area contributed by atoms with Crippen molar-refractivity contribution >= 4 is 28.6 Å². The molecule has 6 nitrogen and oxygen atoms in total. The second-order valence-corrected chi connectivity index (χ2v) is 10.6. The number of aliphatic carboxylic acids is 1. The van der Waals surface area contributed by atoms with Gasteiger partial charge in [0.05, 0.1) is 6.04 Å². The molecule has 1 atom stereocenters. The number of carbonyl (C=O) groups is 3. The van der Waals surface area contributed by atoms with Gasteiger partial charge in [-0.25, -0.2) is 4.79 Å². The number of nitrogens with one attached hydrogen (secondary N) is 1. The lowest BCUT2D eigenvalue weighted by molar-refractivity contribution is -0.157. The zero-order valence-electron chi connectivity index (χ0n) is 24.0. The maximum atomic E-state index is 12.7. The van der Waals surface area contributed by atoms with Crippen LogP contribution in [0.4, 0.5) is 0 Å². The molecule has 3 rings (SSSR count). The van der Waals surface area contributed by atoms with Gasteiger partial charge in [0, 0.05) is 18.7 Å². The SMILES string of the molecule is CCCCCCCCCCCCNC(=O)c1ccc(CN(C(=O)C(=O)O)C(C)c2cccc3ccccc23)cc1. The van der Waals surface area contributed by atoms with E-state index in [-0.39, 0.29) is 12.5 Å². The Morgan fingerprint density at radius 2 is 1.38 bits per heavy atom. The van der Waals surface area contributed by atoms with Gasteiger partial charge in [-0.2, -0.15) is 0 Å². The number of carboxylic acids is 1.